The predicted molar refractivity (Wildman–Crippen MR) is 85.8 cm³/mol. The van der Waals surface area contributed by atoms with Crippen LogP contribution in [-0.2, 0) is 26.2 Å². The number of nitrogens with zero attached hydrogens (tertiary/aromatic N) is 2. The molecule has 0 unspecified atom stereocenters. The largest absolute Gasteiger partial charge is 0.417 e. The zero-order valence-corrected chi connectivity index (χ0v) is 15.3. The molecule has 0 radical (unpaired) electrons. The Hall–Kier alpha value is -1.17. The number of alkyl halides is 3. The number of rotatable bonds is 4. The van der Waals surface area contributed by atoms with Crippen molar-refractivity contribution in [1.82, 2.24) is 8.61 Å². The number of benzene rings is 1. The lowest BCUT2D eigenvalue weighted by Crippen LogP contribution is -2.47. The smallest absolute Gasteiger partial charge is 0.213 e. The van der Waals surface area contributed by atoms with Gasteiger partial charge in [0, 0.05) is 26.2 Å². The Balaban J connectivity index is 2.24. The second-order valence-electron chi connectivity index (χ2n) is 5.91. The van der Waals surface area contributed by atoms with Crippen molar-refractivity contribution in [2.24, 2.45) is 0 Å². The fourth-order valence-corrected chi connectivity index (χ4v) is 5.22. The minimum Gasteiger partial charge on any atom is -0.213 e. The van der Waals surface area contributed by atoms with Crippen LogP contribution < -0.4 is 0 Å². The highest BCUT2D eigenvalue weighted by molar-refractivity contribution is 7.89. The van der Waals surface area contributed by atoms with Gasteiger partial charge in [-0.25, -0.2) is 21.1 Å². The predicted octanol–water partition coefficient (Wildman–Crippen LogP) is 1.75. The molecular weight excluding hydrogens is 381 g/mol. The standard InChI is InChI=1S/C14H19F3N2O4S2/c1-18(24(2,20)21)11-7-9-19(10-8-11)25(22,23)13-6-4-3-5-12(13)14(15,16)17/h3-6,11H,7-10H2,1-2H3. The topological polar surface area (TPSA) is 74.8 Å². The van der Waals surface area contributed by atoms with Crippen molar-refractivity contribution in [3.63, 3.8) is 0 Å². The summed E-state index contributed by atoms with van der Waals surface area (Å²) in [4.78, 5) is -0.780. The van der Waals surface area contributed by atoms with E-state index in [0.717, 1.165) is 28.8 Å². The van der Waals surface area contributed by atoms with Gasteiger partial charge in [0.15, 0.2) is 0 Å². The average molecular weight is 400 g/mol. The molecule has 1 aromatic carbocycles. The third kappa shape index (κ3) is 4.33. The van der Waals surface area contributed by atoms with Crippen LogP contribution in [-0.4, -0.2) is 57.9 Å². The maximum atomic E-state index is 13.1. The minimum atomic E-state index is -4.78. The number of piperidine rings is 1. The molecule has 11 heteroatoms. The summed E-state index contributed by atoms with van der Waals surface area (Å²) in [6.07, 6.45) is -3.29. The Morgan fingerprint density at radius 3 is 2.08 bits per heavy atom. The molecule has 0 saturated carbocycles. The Kier molecular flexibility index (Phi) is 5.53. The Morgan fingerprint density at radius 1 is 1.08 bits per heavy atom. The van der Waals surface area contributed by atoms with E-state index in [1.54, 1.807) is 0 Å². The van der Waals surface area contributed by atoms with Gasteiger partial charge < -0.3 is 0 Å². The molecule has 1 aliphatic rings. The first kappa shape index (κ1) is 20.1. The molecule has 1 fully saturated rings. The van der Waals surface area contributed by atoms with Crippen LogP contribution in [0.5, 0.6) is 0 Å². The zero-order chi connectivity index (χ0) is 19.0. The molecular formula is C14H19F3N2O4S2. The van der Waals surface area contributed by atoms with Gasteiger partial charge in [0.2, 0.25) is 20.0 Å². The van der Waals surface area contributed by atoms with Crippen LogP contribution in [0.15, 0.2) is 29.2 Å². The van der Waals surface area contributed by atoms with Crippen LogP contribution in [0.3, 0.4) is 0 Å². The van der Waals surface area contributed by atoms with Gasteiger partial charge in [-0.1, -0.05) is 12.1 Å². The highest BCUT2D eigenvalue weighted by Crippen LogP contribution is 2.35. The normalized spacial score (nSPS) is 18.6. The Labute approximate surface area is 145 Å². The zero-order valence-electron chi connectivity index (χ0n) is 13.7. The van der Waals surface area contributed by atoms with E-state index < -0.39 is 36.7 Å². The molecule has 0 aromatic heterocycles. The molecule has 1 aromatic rings. The summed E-state index contributed by atoms with van der Waals surface area (Å²) in [5, 5.41) is 0. The van der Waals surface area contributed by atoms with Gasteiger partial charge in [-0.2, -0.15) is 17.5 Å². The summed E-state index contributed by atoms with van der Waals surface area (Å²) >= 11 is 0. The molecule has 0 atom stereocenters. The van der Waals surface area contributed by atoms with Crippen LogP contribution in [0.1, 0.15) is 18.4 Å². The first-order chi connectivity index (χ1) is 11.3. The van der Waals surface area contributed by atoms with Crippen LogP contribution in [0.4, 0.5) is 13.2 Å². The van der Waals surface area contributed by atoms with Crippen LogP contribution in [0.25, 0.3) is 0 Å². The maximum absolute atomic E-state index is 13.1. The highest BCUT2D eigenvalue weighted by Gasteiger charge is 2.40. The molecule has 25 heavy (non-hydrogen) atoms. The fourth-order valence-electron chi connectivity index (χ4n) is 2.78. The Morgan fingerprint density at radius 2 is 1.60 bits per heavy atom. The van der Waals surface area contributed by atoms with Crippen molar-refractivity contribution in [2.75, 3.05) is 26.4 Å². The van der Waals surface area contributed by atoms with E-state index in [1.165, 1.54) is 17.4 Å². The summed E-state index contributed by atoms with van der Waals surface area (Å²) in [6.45, 7) is -0.0852. The van der Waals surface area contributed by atoms with Gasteiger partial charge in [0.1, 0.15) is 0 Å². The van der Waals surface area contributed by atoms with E-state index in [2.05, 4.69) is 0 Å². The second kappa shape index (κ2) is 6.86. The molecule has 1 aliphatic heterocycles. The van der Waals surface area contributed by atoms with E-state index >= 15 is 0 Å². The van der Waals surface area contributed by atoms with Crippen molar-refractivity contribution < 1.29 is 30.0 Å². The third-order valence-electron chi connectivity index (χ3n) is 4.27. The van der Waals surface area contributed by atoms with Crippen LogP contribution >= 0.6 is 0 Å². The summed E-state index contributed by atoms with van der Waals surface area (Å²) in [7, 11) is -6.33. The monoisotopic (exact) mass is 400 g/mol. The summed E-state index contributed by atoms with van der Waals surface area (Å²) < 4.78 is 89.8. The van der Waals surface area contributed by atoms with Gasteiger partial charge in [-0.05, 0) is 25.0 Å². The van der Waals surface area contributed by atoms with Gasteiger partial charge in [0.05, 0.1) is 16.7 Å². The lowest BCUT2D eigenvalue weighted by atomic mass is 10.1. The van der Waals surface area contributed by atoms with Crippen LogP contribution in [0, 0.1) is 0 Å². The lowest BCUT2D eigenvalue weighted by Gasteiger charge is -2.35. The van der Waals surface area contributed by atoms with E-state index in [0.29, 0.717) is 0 Å². The number of sulfonamides is 2. The van der Waals surface area contributed by atoms with E-state index in [9.17, 15) is 30.0 Å². The molecule has 0 aliphatic carbocycles. The summed E-state index contributed by atoms with van der Waals surface area (Å²) in [5.41, 5.74) is -1.20. The minimum absolute atomic E-state index is 0.0426. The number of hydrogen-bond donors (Lipinski definition) is 0. The molecule has 0 amide bonds. The van der Waals surface area contributed by atoms with Crippen LogP contribution in [0.2, 0.25) is 0 Å². The Bertz CT molecular complexity index is 830. The van der Waals surface area contributed by atoms with Gasteiger partial charge in [-0.3, -0.25) is 0 Å². The highest BCUT2D eigenvalue weighted by atomic mass is 32.2. The van der Waals surface area contributed by atoms with Crippen molar-refractivity contribution in [3.05, 3.63) is 29.8 Å². The van der Waals surface area contributed by atoms with Gasteiger partial charge in [0.25, 0.3) is 0 Å². The second-order valence-corrected chi connectivity index (χ2v) is 9.86. The van der Waals surface area contributed by atoms with Gasteiger partial charge in [-0.15, -0.1) is 0 Å². The molecule has 6 nitrogen and oxygen atoms in total. The molecule has 0 N–H and O–H groups in total. The van der Waals surface area contributed by atoms with Gasteiger partial charge >= 0.3 is 6.18 Å². The molecule has 2 rings (SSSR count). The summed E-state index contributed by atoms with van der Waals surface area (Å²) in [5.74, 6) is 0. The van der Waals surface area contributed by atoms with Crippen molar-refractivity contribution >= 4 is 20.0 Å². The fraction of sp³-hybridized carbons (Fsp3) is 0.571. The number of halogens is 3. The first-order valence-electron chi connectivity index (χ1n) is 7.44. The molecule has 142 valence electrons. The first-order valence-corrected chi connectivity index (χ1v) is 10.7. The third-order valence-corrected chi connectivity index (χ3v) is 7.57. The quantitative estimate of drug-likeness (QED) is 0.772. The van der Waals surface area contributed by atoms with E-state index in [4.69, 9.17) is 0 Å². The van der Waals surface area contributed by atoms with E-state index in [1.807, 2.05) is 0 Å². The molecule has 1 heterocycles. The summed E-state index contributed by atoms with van der Waals surface area (Å²) in [6, 6.07) is 3.67. The number of hydrogen-bond acceptors (Lipinski definition) is 4. The molecule has 1 saturated heterocycles. The van der Waals surface area contributed by atoms with Crippen molar-refractivity contribution in [1.29, 1.82) is 0 Å². The molecule has 0 spiro atoms. The van der Waals surface area contributed by atoms with Crippen molar-refractivity contribution in [3.8, 4) is 0 Å². The molecule has 0 bridgehead atoms. The average Bonchev–Trinajstić information content (AvgIpc) is 2.52. The SMILES string of the molecule is CN(C1CCN(S(=O)(=O)c2ccccc2C(F)(F)F)CC1)S(C)(=O)=O. The maximum Gasteiger partial charge on any atom is 0.417 e. The lowest BCUT2D eigenvalue weighted by molar-refractivity contribution is -0.139. The van der Waals surface area contributed by atoms with E-state index in [-0.39, 0.29) is 32.0 Å². The van der Waals surface area contributed by atoms with Crippen molar-refractivity contribution in [2.45, 2.75) is 30.0 Å².